The van der Waals surface area contributed by atoms with Gasteiger partial charge in [0.25, 0.3) is 5.56 Å². The van der Waals surface area contributed by atoms with Gasteiger partial charge in [-0.25, -0.2) is 4.79 Å². The van der Waals surface area contributed by atoms with Gasteiger partial charge in [0.15, 0.2) is 0 Å². The zero-order chi connectivity index (χ0) is 18.3. The molecule has 1 atom stereocenters. The van der Waals surface area contributed by atoms with Crippen LogP contribution < -0.4 is 16.0 Å². The van der Waals surface area contributed by atoms with Crippen molar-refractivity contribution in [3.8, 4) is 5.75 Å². The summed E-state index contributed by atoms with van der Waals surface area (Å²) in [5.41, 5.74) is 6.80. The first kappa shape index (κ1) is 17.4. The number of aryl methyl sites for hydroxylation is 1. The number of aromatic amines is 1. The highest BCUT2D eigenvalue weighted by Gasteiger charge is 2.38. The van der Waals surface area contributed by atoms with E-state index < -0.39 is 17.4 Å². The molecule has 2 heterocycles. The van der Waals surface area contributed by atoms with Gasteiger partial charge in [-0.15, -0.1) is 0 Å². The number of methoxy groups -OCH3 is 1. The van der Waals surface area contributed by atoms with Gasteiger partial charge >= 0.3 is 5.97 Å². The maximum absolute atomic E-state index is 12.6. The van der Waals surface area contributed by atoms with E-state index in [1.54, 1.807) is 31.2 Å². The number of hydrogen-bond donors (Lipinski definition) is 2. The standard InChI is InChI=1S/C17H14Cl2N2O4/c1-7-6-10-12(16(22)21-7)11(8-4-3-5-9(18)14(8)19)13(15(20)25-10)17(23)24-2/h3-6,11H,20H2,1-2H3,(H,21,22)/t11-/m0/s1. The van der Waals surface area contributed by atoms with Crippen LogP contribution in [0.3, 0.4) is 0 Å². The molecule has 1 aromatic heterocycles. The van der Waals surface area contributed by atoms with Crippen LogP contribution in [0.4, 0.5) is 0 Å². The second-order valence-corrected chi connectivity index (χ2v) is 6.29. The van der Waals surface area contributed by atoms with Crippen LogP contribution in [-0.2, 0) is 9.53 Å². The molecule has 0 unspecified atom stereocenters. The van der Waals surface area contributed by atoms with E-state index in [2.05, 4.69) is 4.98 Å². The third kappa shape index (κ3) is 2.88. The third-order valence-corrected chi connectivity index (χ3v) is 4.76. The van der Waals surface area contributed by atoms with Crippen molar-refractivity contribution in [2.75, 3.05) is 7.11 Å². The second-order valence-electron chi connectivity index (χ2n) is 5.51. The van der Waals surface area contributed by atoms with Crippen LogP contribution in [0, 0.1) is 6.92 Å². The minimum Gasteiger partial charge on any atom is -0.465 e. The topological polar surface area (TPSA) is 94.4 Å². The molecule has 0 saturated heterocycles. The first-order valence-corrected chi connectivity index (χ1v) is 8.04. The largest absolute Gasteiger partial charge is 0.465 e. The number of carbonyl (C=O) groups is 1. The van der Waals surface area contributed by atoms with Crippen LogP contribution in [0.15, 0.2) is 40.5 Å². The molecule has 6 nitrogen and oxygen atoms in total. The van der Waals surface area contributed by atoms with E-state index in [0.717, 1.165) is 0 Å². The molecule has 0 bridgehead atoms. The van der Waals surface area contributed by atoms with Gasteiger partial charge in [0.2, 0.25) is 5.88 Å². The predicted octanol–water partition coefficient (Wildman–Crippen LogP) is 2.86. The van der Waals surface area contributed by atoms with Crippen LogP contribution in [0.1, 0.15) is 22.7 Å². The van der Waals surface area contributed by atoms with Crippen molar-refractivity contribution < 1.29 is 14.3 Å². The van der Waals surface area contributed by atoms with Crippen LogP contribution >= 0.6 is 23.2 Å². The molecule has 1 aliphatic rings. The molecule has 3 rings (SSSR count). The summed E-state index contributed by atoms with van der Waals surface area (Å²) in [6.07, 6.45) is 0. The minimum atomic E-state index is -0.869. The van der Waals surface area contributed by atoms with E-state index in [-0.39, 0.29) is 27.8 Å². The van der Waals surface area contributed by atoms with Crippen molar-refractivity contribution in [3.63, 3.8) is 0 Å². The van der Waals surface area contributed by atoms with Crippen molar-refractivity contribution in [3.05, 3.63) is 72.9 Å². The quantitative estimate of drug-likeness (QED) is 0.781. The average Bonchev–Trinajstić information content (AvgIpc) is 2.55. The first-order valence-electron chi connectivity index (χ1n) is 7.28. The summed E-state index contributed by atoms with van der Waals surface area (Å²) in [5.74, 6) is -1.48. The Bertz CT molecular complexity index is 966. The Morgan fingerprint density at radius 2 is 2.08 bits per heavy atom. The number of fused-ring (bicyclic) bond motifs is 1. The Morgan fingerprint density at radius 1 is 1.36 bits per heavy atom. The predicted molar refractivity (Wildman–Crippen MR) is 94.0 cm³/mol. The van der Waals surface area contributed by atoms with E-state index >= 15 is 0 Å². The van der Waals surface area contributed by atoms with Gasteiger partial charge in [-0.1, -0.05) is 35.3 Å². The van der Waals surface area contributed by atoms with E-state index in [9.17, 15) is 9.59 Å². The lowest BCUT2D eigenvalue weighted by Crippen LogP contribution is -2.31. The molecule has 25 heavy (non-hydrogen) atoms. The molecule has 0 aliphatic carbocycles. The lowest BCUT2D eigenvalue weighted by atomic mass is 9.83. The molecule has 130 valence electrons. The van der Waals surface area contributed by atoms with Gasteiger partial charge in [-0.2, -0.15) is 0 Å². The number of pyridine rings is 1. The number of carbonyl (C=O) groups excluding carboxylic acids is 1. The fraction of sp³-hybridized carbons (Fsp3) is 0.176. The summed E-state index contributed by atoms with van der Waals surface area (Å²) in [4.78, 5) is 27.6. The molecule has 0 spiro atoms. The molecule has 1 aliphatic heterocycles. The molecule has 0 saturated carbocycles. The molecule has 1 aromatic carbocycles. The summed E-state index contributed by atoms with van der Waals surface area (Å²) in [5, 5.41) is 0.509. The average molecular weight is 381 g/mol. The van der Waals surface area contributed by atoms with E-state index in [1.165, 1.54) is 7.11 Å². The molecule has 2 aromatic rings. The Hall–Kier alpha value is -2.44. The molecular formula is C17H14Cl2N2O4. The van der Waals surface area contributed by atoms with Gasteiger partial charge in [0.1, 0.15) is 11.3 Å². The molecule has 8 heteroatoms. The number of hydrogen-bond acceptors (Lipinski definition) is 5. The molecule has 0 radical (unpaired) electrons. The lowest BCUT2D eigenvalue weighted by molar-refractivity contribution is -0.136. The lowest BCUT2D eigenvalue weighted by Gasteiger charge is -2.28. The molecule has 0 fully saturated rings. The summed E-state index contributed by atoms with van der Waals surface area (Å²) in [7, 11) is 1.22. The number of nitrogens with one attached hydrogen (secondary N) is 1. The highest BCUT2D eigenvalue weighted by Crippen LogP contribution is 2.44. The Balaban J connectivity index is 2.37. The minimum absolute atomic E-state index is 0.00600. The van der Waals surface area contributed by atoms with Crippen LogP contribution in [0.25, 0.3) is 0 Å². The monoisotopic (exact) mass is 380 g/mol. The summed E-state index contributed by atoms with van der Waals surface area (Å²) in [6, 6.07) is 6.58. The molecular weight excluding hydrogens is 367 g/mol. The Kier molecular flexibility index (Phi) is 4.49. The van der Waals surface area contributed by atoms with Gasteiger partial charge in [0, 0.05) is 11.8 Å². The van der Waals surface area contributed by atoms with Crippen LogP contribution in [0.2, 0.25) is 10.0 Å². The number of nitrogens with two attached hydrogens (primary N) is 1. The second kappa shape index (κ2) is 6.46. The number of halogens is 2. The van der Waals surface area contributed by atoms with Gasteiger partial charge in [0.05, 0.1) is 28.6 Å². The van der Waals surface area contributed by atoms with Crippen molar-refractivity contribution in [1.29, 1.82) is 0 Å². The Morgan fingerprint density at radius 3 is 2.76 bits per heavy atom. The summed E-state index contributed by atoms with van der Waals surface area (Å²) < 4.78 is 10.3. The number of rotatable bonds is 2. The zero-order valence-electron chi connectivity index (χ0n) is 13.4. The van der Waals surface area contributed by atoms with Crippen LogP contribution in [-0.4, -0.2) is 18.1 Å². The first-order chi connectivity index (χ1) is 11.8. The number of ether oxygens (including phenoxy) is 2. The molecule has 0 amide bonds. The maximum atomic E-state index is 12.6. The third-order valence-electron chi connectivity index (χ3n) is 3.93. The van der Waals surface area contributed by atoms with Crippen molar-refractivity contribution in [2.45, 2.75) is 12.8 Å². The normalized spacial score (nSPS) is 16.2. The SMILES string of the molecule is COC(=O)C1=C(N)Oc2cc(C)[nH]c(=O)c2[C@@H]1c1cccc(Cl)c1Cl. The fourth-order valence-electron chi connectivity index (χ4n) is 2.87. The van der Waals surface area contributed by atoms with Crippen molar-refractivity contribution in [2.24, 2.45) is 5.73 Å². The van der Waals surface area contributed by atoms with E-state index in [0.29, 0.717) is 16.3 Å². The van der Waals surface area contributed by atoms with Crippen molar-refractivity contribution >= 4 is 29.2 Å². The highest BCUT2D eigenvalue weighted by atomic mass is 35.5. The zero-order valence-corrected chi connectivity index (χ0v) is 14.9. The van der Waals surface area contributed by atoms with Crippen LogP contribution in [0.5, 0.6) is 5.75 Å². The maximum Gasteiger partial charge on any atom is 0.340 e. The van der Waals surface area contributed by atoms with E-state index in [4.69, 9.17) is 38.4 Å². The summed E-state index contributed by atoms with van der Waals surface area (Å²) >= 11 is 12.4. The van der Waals surface area contributed by atoms with Gasteiger partial charge < -0.3 is 20.2 Å². The number of benzene rings is 1. The Labute approximate surface area is 153 Å². The molecule has 3 N–H and O–H groups in total. The number of esters is 1. The highest BCUT2D eigenvalue weighted by molar-refractivity contribution is 6.42. The van der Waals surface area contributed by atoms with E-state index in [1.807, 2.05) is 0 Å². The number of aromatic nitrogens is 1. The number of H-pyrrole nitrogens is 1. The van der Waals surface area contributed by atoms with Gasteiger partial charge in [-0.3, -0.25) is 4.79 Å². The van der Waals surface area contributed by atoms with Gasteiger partial charge in [-0.05, 0) is 18.6 Å². The smallest absolute Gasteiger partial charge is 0.340 e. The fourth-order valence-corrected chi connectivity index (χ4v) is 3.29. The van der Waals surface area contributed by atoms with Crippen molar-refractivity contribution in [1.82, 2.24) is 4.98 Å². The summed E-state index contributed by atoms with van der Waals surface area (Å²) in [6.45, 7) is 1.71.